The molecule has 1 aliphatic rings. The lowest BCUT2D eigenvalue weighted by Gasteiger charge is -2.18. The second-order valence-electron chi connectivity index (χ2n) is 7.80. The maximum absolute atomic E-state index is 12.6. The molecule has 0 saturated carbocycles. The number of halogens is 2. The molecule has 0 heterocycles. The van der Waals surface area contributed by atoms with Crippen molar-refractivity contribution in [1.82, 2.24) is 5.32 Å². The van der Waals surface area contributed by atoms with E-state index in [2.05, 4.69) is 42.5 Å². The zero-order chi connectivity index (χ0) is 24.4. The summed E-state index contributed by atoms with van der Waals surface area (Å²) in [6, 6.07) is 18.0. The fourth-order valence-corrected chi connectivity index (χ4v) is 5.31. The minimum Gasteiger partial charge on any atom is -0.478 e. The van der Waals surface area contributed by atoms with Gasteiger partial charge >= 0.3 is 12.1 Å². The van der Waals surface area contributed by atoms with Gasteiger partial charge in [0.15, 0.2) is 0 Å². The monoisotopic (exact) mass is 586 g/mol. The maximum Gasteiger partial charge on any atom is 0.407 e. The van der Waals surface area contributed by atoms with Gasteiger partial charge in [0.2, 0.25) is 5.91 Å². The van der Waals surface area contributed by atoms with Gasteiger partial charge in [0, 0.05) is 14.9 Å². The highest BCUT2D eigenvalue weighted by molar-refractivity contribution is 9.11. The molecular weight excluding hydrogens is 568 g/mol. The zero-order valence-corrected chi connectivity index (χ0v) is 21.1. The largest absolute Gasteiger partial charge is 0.478 e. The van der Waals surface area contributed by atoms with Gasteiger partial charge in [0.25, 0.3) is 0 Å². The molecule has 0 radical (unpaired) electrons. The van der Waals surface area contributed by atoms with Crippen molar-refractivity contribution in [3.63, 3.8) is 0 Å². The average molecular weight is 588 g/mol. The van der Waals surface area contributed by atoms with Gasteiger partial charge in [-0.2, -0.15) is 0 Å². The van der Waals surface area contributed by atoms with Crippen LogP contribution in [0.15, 0.2) is 69.6 Å². The molecule has 1 atom stereocenters. The second-order valence-corrected chi connectivity index (χ2v) is 9.57. The number of anilines is 1. The van der Waals surface area contributed by atoms with Gasteiger partial charge in [0.05, 0.1) is 11.3 Å². The number of carboxylic acids is 1. The van der Waals surface area contributed by atoms with E-state index in [0.717, 1.165) is 22.3 Å². The molecule has 9 heteroatoms. The van der Waals surface area contributed by atoms with E-state index in [-0.39, 0.29) is 23.8 Å². The molecular formula is C25H20Br2N2O5. The highest BCUT2D eigenvalue weighted by Gasteiger charge is 2.29. The number of carboxylic acid groups (broad SMARTS) is 1. The van der Waals surface area contributed by atoms with Crippen LogP contribution < -0.4 is 10.6 Å². The lowest BCUT2D eigenvalue weighted by molar-refractivity contribution is -0.117. The van der Waals surface area contributed by atoms with Crippen molar-refractivity contribution in [2.75, 3.05) is 11.9 Å². The predicted molar refractivity (Wildman–Crippen MR) is 135 cm³/mol. The lowest BCUT2D eigenvalue weighted by Crippen LogP contribution is -2.42. The fourth-order valence-electron chi connectivity index (χ4n) is 3.98. The third kappa shape index (κ3) is 4.85. The number of amides is 2. The minimum absolute atomic E-state index is 0.0945. The smallest absolute Gasteiger partial charge is 0.407 e. The van der Waals surface area contributed by atoms with Crippen LogP contribution in [-0.4, -0.2) is 35.7 Å². The van der Waals surface area contributed by atoms with Gasteiger partial charge in [-0.15, -0.1) is 0 Å². The molecule has 0 fully saturated rings. The molecule has 0 bridgehead atoms. The first-order chi connectivity index (χ1) is 16.3. The number of hydrogen-bond acceptors (Lipinski definition) is 4. The average Bonchev–Trinajstić information content (AvgIpc) is 3.12. The number of ether oxygens (including phenoxy) is 1. The maximum atomic E-state index is 12.6. The van der Waals surface area contributed by atoms with Gasteiger partial charge in [0.1, 0.15) is 12.6 Å². The number of benzene rings is 3. The van der Waals surface area contributed by atoms with Gasteiger partial charge in [-0.05, 0) is 57.2 Å². The second kappa shape index (κ2) is 9.99. The Balaban J connectivity index is 1.40. The van der Waals surface area contributed by atoms with E-state index >= 15 is 0 Å². The van der Waals surface area contributed by atoms with Crippen molar-refractivity contribution < 1.29 is 24.2 Å². The number of nitrogens with one attached hydrogen (secondary N) is 2. The van der Waals surface area contributed by atoms with Crippen molar-refractivity contribution in [2.45, 2.75) is 18.9 Å². The van der Waals surface area contributed by atoms with Crippen LogP contribution in [0.3, 0.4) is 0 Å². The van der Waals surface area contributed by atoms with Crippen LogP contribution in [0.1, 0.15) is 34.3 Å². The summed E-state index contributed by atoms with van der Waals surface area (Å²) in [4.78, 5) is 36.7. The minimum atomic E-state index is -1.20. The van der Waals surface area contributed by atoms with Crippen LogP contribution in [0.4, 0.5) is 10.5 Å². The molecule has 3 aromatic rings. The normalized spacial score (nSPS) is 12.9. The summed E-state index contributed by atoms with van der Waals surface area (Å²) in [6.07, 6.45) is -0.738. The number of carbonyl (C=O) groups is 3. The Morgan fingerprint density at radius 3 is 2.18 bits per heavy atom. The van der Waals surface area contributed by atoms with Crippen molar-refractivity contribution in [3.8, 4) is 11.1 Å². The molecule has 0 aliphatic heterocycles. The van der Waals surface area contributed by atoms with Crippen LogP contribution >= 0.6 is 31.9 Å². The molecule has 174 valence electrons. The quantitative estimate of drug-likeness (QED) is 0.339. The number of aromatic carboxylic acids is 1. The van der Waals surface area contributed by atoms with Crippen molar-refractivity contribution in [3.05, 3.63) is 86.3 Å². The van der Waals surface area contributed by atoms with Gasteiger partial charge in [-0.3, -0.25) is 4.79 Å². The molecule has 34 heavy (non-hydrogen) atoms. The summed E-state index contributed by atoms with van der Waals surface area (Å²) in [5.41, 5.74) is 4.42. The summed E-state index contributed by atoms with van der Waals surface area (Å²) in [6.45, 7) is 1.61. The number of hydrogen-bond donors (Lipinski definition) is 3. The van der Waals surface area contributed by atoms with E-state index in [4.69, 9.17) is 4.74 Å². The number of carbonyl (C=O) groups excluding carboxylic acids is 2. The highest BCUT2D eigenvalue weighted by atomic mass is 79.9. The Kier molecular flexibility index (Phi) is 7.04. The molecule has 1 unspecified atom stereocenters. The molecule has 0 aromatic heterocycles. The molecule has 0 saturated heterocycles. The van der Waals surface area contributed by atoms with Gasteiger partial charge in [-0.1, -0.05) is 64.5 Å². The summed E-state index contributed by atoms with van der Waals surface area (Å²) >= 11 is 6.49. The van der Waals surface area contributed by atoms with Gasteiger partial charge in [-0.25, -0.2) is 9.59 Å². The fraction of sp³-hybridized carbons (Fsp3) is 0.160. The molecule has 2 amide bonds. The Bertz CT molecular complexity index is 1250. The Labute approximate surface area is 212 Å². The van der Waals surface area contributed by atoms with Crippen molar-refractivity contribution in [2.24, 2.45) is 0 Å². The van der Waals surface area contributed by atoms with E-state index < -0.39 is 24.0 Å². The van der Waals surface area contributed by atoms with Crippen LogP contribution in [-0.2, 0) is 9.53 Å². The molecule has 3 aromatic carbocycles. The third-order valence-electron chi connectivity index (χ3n) is 5.60. The van der Waals surface area contributed by atoms with Crippen molar-refractivity contribution in [1.29, 1.82) is 0 Å². The van der Waals surface area contributed by atoms with Crippen LogP contribution in [0.5, 0.6) is 0 Å². The molecule has 1 aliphatic carbocycles. The molecule has 4 rings (SSSR count). The third-order valence-corrected chi connectivity index (χ3v) is 6.69. The predicted octanol–water partition coefficient (Wildman–Crippen LogP) is 5.78. The Morgan fingerprint density at radius 2 is 1.59 bits per heavy atom. The Morgan fingerprint density at radius 1 is 1.00 bits per heavy atom. The SMILES string of the molecule is CC(NC(=O)OCC1c2ccccc2-c2ccccc21)C(=O)Nc1c(Br)cc(Br)cc1C(=O)O. The molecule has 7 nitrogen and oxygen atoms in total. The first kappa shape index (κ1) is 24.0. The first-order valence-electron chi connectivity index (χ1n) is 10.4. The number of rotatable bonds is 6. The Hall–Kier alpha value is -3.17. The topological polar surface area (TPSA) is 105 Å². The van der Waals surface area contributed by atoms with Crippen LogP contribution in [0.25, 0.3) is 11.1 Å². The van der Waals surface area contributed by atoms with E-state index in [0.29, 0.717) is 8.95 Å². The first-order valence-corrected chi connectivity index (χ1v) is 12.0. The van der Waals surface area contributed by atoms with E-state index in [1.54, 1.807) is 6.07 Å². The number of alkyl carbamates (subject to hydrolysis) is 1. The van der Waals surface area contributed by atoms with E-state index in [9.17, 15) is 19.5 Å². The lowest BCUT2D eigenvalue weighted by atomic mass is 9.98. The molecule has 3 N–H and O–H groups in total. The van der Waals surface area contributed by atoms with Crippen LogP contribution in [0, 0.1) is 0 Å². The van der Waals surface area contributed by atoms with E-state index in [1.807, 2.05) is 48.5 Å². The van der Waals surface area contributed by atoms with E-state index in [1.165, 1.54) is 13.0 Å². The highest BCUT2D eigenvalue weighted by Crippen LogP contribution is 2.44. The zero-order valence-electron chi connectivity index (χ0n) is 18.0. The molecule has 0 spiro atoms. The summed E-state index contributed by atoms with van der Waals surface area (Å²) in [5, 5.41) is 14.5. The van der Waals surface area contributed by atoms with Gasteiger partial charge < -0.3 is 20.5 Å². The summed E-state index contributed by atoms with van der Waals surface area (Å²) < 4.78 is 6.40. The standard InChI is InChI=1S/C25H20Br2N2O5/c1-13(23(30)29-22-19(24(31)32)10-14(26)11-21(22)27)28-25(33)34-12-20-17-8-4-2-6-15(17)16-7-3-5-9-18(16)20/h2-11,13,20H,12H2,1H3,(H,28,33)(H,29,30)(H,31,32). The number of fused-ring (bicyclic) bond motifs is 3. The summed E-state index contributed by atoms with van der Waals surface area (Å²) in [7, 11) is 0. The van der Waals surface area contributed by atoms with Crippen molar-refractivity contribution >= 4 is 55.5 Å². The summed E-state index contributed by atoms with van der Waals surface area (Å²) in [5.74, 6) is -1.88. The van der Waals surface area contributed by atoms with Crippen LogP contribution in [0.2, 0.25) is 0 Å².